The van der Waals surface area contributed by atoms with Gasteiger partial charge in [-0.3, -0.25) is 19.9 Å². The van der Waals surface area contributed by atoms with Gasteiger partial charge in [-0.25, -0.2) is 9.97 Å². The van der Waals surface area contributed by atoms with Gasteiger partial charge in [0.25, 0.3) is 0 Å². The van der Waals surface area contributed by atoms with Crippen LogP contribution in [0.5, 0.6) is 0 Å². The fraction of sp³-hybridized carbons (Fsp3) is 0. The second-order valence-corrected chi connectivity index (χ2v) is 14.3. The van der Waals surface area contributed by atoms with Crippen LogP contribution in [0.1, 0.15) is 22.8 Å². The number of nitrogens with zero attached hydrogens (tertiary/aromatic N) is 6. The van der Waals surface area contributed by atoms with Gasteiger partial charge in [0.05, 0.1) is 22.8 Å². The van der Waals surface area contributed by atoms with Crippen molar-refractivity contribution in [3.05, 3.63) is 187 Å². The Bertz CT molecular complexity index is 2030. The van der Waals surface area contributed by atoms with Crippen molar-refractivity contribution in [1.29, 1.82) is 0 Å². The molecule has 13 heteroatoms. The van der Waals surface area contributed by atoms with Gasteiger partial charge in [0.1, 0.15) is 0 Å². The average molecular weight is 1010 g/mol. The molecule has 0 saturated carbocycles. The molecule has 0 aliphatic carbocycles. The largest absolute Gasteiger partial charge is 0.355 e. The minimum Gasteiger partial charge on any atom is -0.355 e. The zero-order valence-corrected chi connectivity index (χ0v) is 34.9. The molecule has 9 rings (SSSR count). The fourth-order valence-corrected chi connectivity index (χ4v) is 5.39. The predicted molar refractivity (Wildman–Crippen MR) is 227 cm³/mol. The molecule has 7 aromatic rings. The number of hydrogen-bond acceptors (Lipinski definition) is 6. The molecule has 9 heterocycles. The van der Waals surface area contributed by atoms with E-state index in [1.54, 1.807) is 49.6 Å². The van der Waals surface area contributed by atoms with Crippen LogP contribution in [0, 0.1) is 0 Å². The second kappa shape index (κ2) is 22.7. The number of hydrogen-bond donors (Lipinski definition) is 2. The third-order valence-corrected chi connectivity index (χ3v) is 8.42. The van der Waals surface area contributed by atoms with Gasteiger partial charge in [0.15, 0.2) is 0 Å². The van der Waals surface area contributed by atoms with Crippen LogP contribution >= 0.6 is 63.7 Å². The molecular formula is C40H30Br4CuN8. The molecule has 53 heavy (non-hydrogen) atoms. The fourth-order valence-electron chi connectivity index (χ4n) is 4.31. The van der Waals surface area contributed by atoms with Crippen LogP contribution < -0.4 is 0 Å². The van der Waals surface area contributed by atoms with E-state index in [9.17, 15) is 0 Å². The van der Waals surface area contributed by atoms with E-state index >= 15 is 0 Å². The van der Waals surface area contributed by atoms with E-state index in [0.717, 1.165) is 62.7 Å². The Hall–Kier alpha value is -4.36. The van der Waals surface area contributed by atoms with Crippen LogP contribution in [0.25, 0.3) is 46.4 Å². The minimum atomic E-state index is 0. The molecule has 1 radical (unpaired) electrons. The molecule has 0 aromatic carbocycles. The third kappa shape index (κ3) is 15.6. The van der Waals surface area contributed by atoms with Crippen LogP contribution in [-0.2, 0) is 17.1 Å². The SMILES string of the molecule is Brc1cccnc1.Brc1cccnc1.Brc1cccnc1.Brc1cccnc1.C1=Cc2cc3ccc(cc4nc(cc5ccc(cc1n2)[nH]5)C=C4)[nH]3.[Cu]. The summed E-state index contributed by atoms with van der Waals surface area (Å²) in [4.78, 5) is 31.4. The topological polar surface area (TPSA) is 109 Å². The number of pyridine rings is 4. The van der Waals surface area contributed by atoms with E-state index in [4.69, 9.17) is 0 Å². The molecular weight excluding hydrogens is 976 g/mol. The summed E-state index contributed by atoms with van der Waals surface area (Å²) in [6, 6.07) is 31.6. The molecule has 2 N–H and O–H groups in total. The maximum atomic E-state index is 4.63. The van der Waals surface area contributed by atoms with Crippen molar-refractivity contribution in [2.24, 2.45) is 0 Å². The molecule has 0 amide bonds. The van der Waals surface area contributed by atoms with E-state index in [-0.39, 0.29) is 17.1 Å². The summed E-state index contributed by atoms with van der Waals surface area (Å²) in [5.41, 5.74) is 7.86. The molecule has 8 bridgehead atoms. The summed E-state index contributed by atoms with van der Waals surface area (Å²) < 4.78 is 4.09. The summed E-state index contributed by atoms with van der Waals surface area (Å²) >= 11 is 13.0. The van der Waals surface area contributed by atoms with Crippen molar-refractivity contribution < 1.29 is 17.1 Å². The van der Waals surface area contributed by atoms with Gasteiger partial charge < -0.3 is 9.97 Å². The maximum absolute atomic E-state index is 4.63. The van der Waals surface area contributed by atoms with Gasteiger partial charge in [0.2, 0.25) is 0 Å². The minimum absolute atomic E-state index is 0. The number of rotatable bonds is 0. The zero-order valence-electron chi connectivity index (χ0n) is 27.7. The molecule has 0 spiro atoms. The zero-order chi connectivity index (χ0) is 36.4. The quantitative estimate of drug-likeness (QED) is 0.147. The van der Waals surface area contributed by atoms with E-state index in [1.807, 2.05) is 97.1 Å². The van der Waals surface area contributed by atoms with Crippen molar-refractivity contribution in [3.8, 4) is 0 Å². The summed E-state index contributed by atoms with van der Waals surface area (Å²) in [6.07, 6.45) is 22.1. The molecule has 0 fully saturated rings. The van der Waals surface area contributed by atoms with Gasteiger partial charge in [-0.1, -0.05) is 0 Å². The summed E-state index contributed by atoms with van der Waals surface area (Å²) in [5.74, 6) is 0. The standard InChI is InChI=1S/C20H14N4.4C5H4BrN.Cu/c1-2-14-10-16-5-6-18(23-16)12-20-8-7-19(24-20)11-17-4-3-15(22-17)9-13(1)21-14;4*6-5-2-1-3-7-4-5;/h1-12,21,24H;4*1-4H;. The Morgan fingerprint density at radius 3 is 0.774 bits per heavy atom. The molecule has 269 valence electrons. The number of aromatic nitrogens is 8. The van der Waals surface area contributed by atoms with Crippen molar-refractivity contribution in [3.63, 3.8) is 0 Å². The number of halogens is 4. The van der Waals surface area contributed by atoms with Crippen LogP contribution in [-0.4, -0.2) is 39.9 Å². The Balaban J connectivity index is 0.000000176. The molecule has 2 aliphatic heterocycles. The first kappa shape index (κ1) is 41.4. The smallest absolute Gasteiger partial charge is 0.0658 e. The van der Waals surface area contributed by atoms with Gasteiger partial charge in [-0.15, -0.1) is 0 Å². The molecule has 7 aromatic heterocycles. The molecule has 8 nitrogen and oxygen atoms in total. The van der Waals surface area contributed by atoms with Crippen LogP contribution in [0.3, 0.4) is 0 Å². The number of aromatic amines is 2. The third-order valence-electron chi connectivity index (χ3n) is 6.54. The molecule has 2 aliphatic rings. The van der Waals surface area contributed by atoms with Crippen LogP contribution in [0.15, 0.2) is 165 Å². The number of H-pyrrole nitrogens is 2. The maximum Gasteiger partial charge on any atom is 0.0658 e. The second-order valence-electron chi connectivity index (χ2n) is 10.6. The van der Waals surface area contributed by atoms with E-state index < -0.39 is 0 Å². The Labute approximate surface area is 351 Å². The average Bonchev–Trinajstić information content (AvgIpc) is 3.98. The van der Waals surface area contributed by atoms with Crippen molar-refractivity contribution in [2.45, 2.75) is 0 Å². The Morgan fingerprint density at radius 2 is 0.604 bits per heavy atom. The summed E-state index contributed by atoms with van der Waals surface area (Å²) in [5, 5.41) is 0. The van der Waals surface area contributed by atoms with E-state index in [0.29, 0.717) is 0 Å². The first-order chi connectivity index (χ1) is 25.4. The number of fused-ring (bicyclic) bond motifs is 8. The first-order valence-corrected chi connectivity index (χ1v) is 18.8. The van der Waals surface area contributed by atoms with Crippen molar-refractivity contribution >= 4 is 110 Å². The Morgan fingerprint density at radius 1 is 0.358 bits per heavy atom. The Kier molecular flexibility index (Phi) is 17.7. The van der Waals surface area contributed by atoms with Gasteiger partial charge in [-0.05, 0) is 185 Å². The first-order valence-electron chi connectivity index (χ1n) is 15.6. The normalized spacial score (nSPS) is 10.3. The van der Waals surface area contributed by atoms with E-state index in [2.05, 4.69) is 128 Å². The monoisotopic (exact) mass is 1000 g/mol. The molecule has 0 atom stereocenters. The van der Waals surface area contributed by atoms with Crippen molar-refractivity contribution in [1.82, 2.24) is 39.9 Å². The van der Waals surface area contributed by atoms with E-state index in [1.165, 1.54) is 0 Å². The van der Waals surface area contributed by atoms with Crippen molar-refractivity contribution in [2.75, 3.05) is 0 Å². The van der Waals surface area contributed by atoms with Crippen LogP contribution in [0.2, 0.25) is 0 Å². The van der Waals surface area contributed by atoms with Crippen LogP contribution in [0.4, 0.5) is 0 Å². The summed E-state index contributed by atoms with van der Waals surface area (Å²) in [7, 11) is 0. The van der Waals surface area contributed by atoms with Gasteiger partial charge >= 0.3 is 0 Å². The summed E-state index contributed by atoms with van der Waals surface area (Å²) in [6.45, 7) is 0. The molecule has 0 saturated heterocycles. The van der Waals surface area contributed by atoms with Gasteiger partial charge in [0, 0.05) is 107 Å². The molecule has 0 unspecified atom stereocenters. The van der Waals surface area contributed by atoms with Gasteiger partial charge in [-0.2, -0.15) is 0 Å². The number of nitrogens with one attached hydrogen (secondary N) is 2. The predicted octanol–water partition coefficient (Wildman–Crippen LogP) is 12.0.